The molecule has 0 bridgehead atoms. The fraction of sp³-hybridized carbons (Fsp3) is 0.571. The molecule has 0 saturated heterocycles. The van der Waals surface area contributed by atoms with Crippen molar-refractivity contribution in [1.29, 1.82) is 0 Å². The van der Waals surface area contributed by atoms with Gasteiger partial charge in [0.2, 0.25) is 12.2 Å². The second-order valence-corrected chi connectivity index (χ2v) is 6.53. The molecule has 2 N–H and O–H groups in total. The summed E-state index contributed by atoms with van der Waals surface area (Å²) < 4.78 is 0. The minimum absolute atomic E-state index is 0.000650. The molecule has 5 nitrogen and oxygen atoms in total. The van der Waals surface area contributed by atoms with E-state index in [4.69, 9.17) is 0 Å². The van der Waals surface area contributed by atoms with Gasteiger partial charge in [-0.2, -0.15) is 0 Å². The Hall–Kier alpha value is -2.17. The highest BCUT2D eigenvalue weighted by Gasteiger charge is 2.06. The summed E-state index contributed by atoms with van der Waals surface area (Å²) in [6.07, 6.45) is 13.2. The van der Waals surface area contributed by atoms with Crippen molar-refractivity contribution in [3.63, 3.8) is 0 Å². The second kappa shape index (κ2) is 14.0. The second-order valence-electron chi connectivity index (χ2n) is 6.53. The van der Waals surface area contributed by atoms with E-state index in [0.29, 0.717) is 17.7 Å². The maximum atomic E-state index is 11.9. The molecule has 1 rings (SSSR count). The monoisotopic (exact) mass is 359 g/mol. The molecular weight excluding hydrogens is 328 g/mol. The van der Waals surface area contributed by atoms with E-state index < -0.39 is 0 Å². The first-order valence-corrected chi connectivity index (χ1v) is 9.70. The van der Waals surface area contributed by atoms with Crippen molar-refractivity contribution in [3.05, 3.63) is 29.8 Å². The maximum absolute atomic E-state index is 11.9. The molecule has 0 unspecified atom stereocenters. The normalized spacial score (nSPS) is 10.3. The molecular formula is C21H31N2O3. The summed E-state index contributed by atoms with van der Waals surface area (Å²) in [5, 5.41) is 5.26. The van der Waals surface area contributed by atoms with Crippen LogP contribution in [0.5, 0.6) is 0 Å². The van der Waals surface area contributed by atoms with Crippen molar-refractivity contribution in [2.45, 2.75) is 71.1 Å². The summed E-state index contributed by atoms with van der Waals surface area (Å²) in [6, 6.07) is 6.62. The van der Waals surface area contributed by atoms with Gasteiger partial charge in [0.25, 0.3) is 5.91 Å². The lowest BCUT2D eigenvalue weighted by molar-refractivity contribution is -0.116. The van der Waals surface area contributed by atoms with Gasteiger partial charge in [0.05, 0.1) is 6.54 Å². The van der Waals surface area contributed by atoms with Gasteiger partial charge < -0.3 is 10.6 Å². The van der Waals surface area contributed by atoms with Crippen molar-refractivity contribution in [2.75, 3.05) is 11.9 Å². The molecule has 1 aromatic carbocycles. The van der Waals surface area contributed by atoms with Crippen molar-refractivity contribution in [2.24, 2.45) is 0 Å². The molecule has 0 heterocycles. The largest absolute Gasteiger partial charge is 0.344 e. The Kier molecular flexibility index (Phi) is 11.8. The summed E-state index contributed by atoms with van der Waals surface area (Å²) in [4.78, 5) is 33.7. The Bertz CT molecular complexity index is 541. The number of nitrogens with one attached hydrogen (secondary N) is 2. The molecule has 143 valence electrons. The molecule has 0 aliphatic rings. The van der Waals surface area contributed by atoms with Crippen molar-refractivity contribution in [3.8, 4) is 0 Å². The molecule has 1 radical (unpaired) electrons. The minimum Gasteiger partial charge on any atom is -0.344 e. The van der Waals surface area contributed by atoms with Crippen LogP contribution in [0.25, 0.3) is 0 Å². The number of unbranched alkanes of at least 4 members (excludes halogenated alkanes) is 8. The summed E-state index contributed by atoms with van der Waals surface area (Å²) in [6.45, 7) is 2.10. The van der Waals surface area contributed by atoms with E-state index in [1.807, 2.05) is 0 Å². The number of benzene rings is 1. The Morgan fingerprint density at radius 3 is 2.04 bits per heavy atom. The zero-order valence-electron chi connectivity index (χ0n) is 15.8. The van der Waals surface area contributed by atoms with Crippen LogP contribution in [0.1, 0.15) is 81.5 Å². The summed E-state index contributed by atoms with van der Waals surface area (Å²) in [5.74, 6) is -0.332. The molecule has 0 atom stereocenters. The quantitative estimate of drug-likeness (QED) is 0.484. The average Bonchev–Trinajstić information content (AvgIpc) is 2.65. The van der Waals surface area contributed by atoms with E-state index in [-0.39, 0.29) is 18.4 Å². The first kappa shape index (κ1) is 21.9. The van der Waals surface area contributed by atoms with Crippen LogP contribution in [0.3, 0.4) is 0 Å². The van der Waals surface area contributed by atoms with E-state index in [9.17, 15) is 14.4 Å². The van der Waals surface area contributed by atoms with Gasteiger partial charge >= 0.3 is 0 Å². The summed E-state index contributed by atoms with van der Waals surface area (Å²) in [7, 11) is 0. The third-order valence-corrected chi connectivity index (χ3v) is 4.26. The number of carbonyl (C=O) groups is 2. The number of hydrogen-bond donors (Lipinski definition) is 2. The molecule has 0 aromatic heterocycles. The molecule has 5 heteroatoms. The fourth-order valence-electron chi connectivity index (χ4n) is 2.74. The fourth-order valence-corrected chi connectivity index (χ4v) is 2.74. The summed E-state index contributed by atoms with van der Waals surface area (Å²) in [5.41, 5.74) is 1.11. The van der Waals surface area contributed by atoms with Crippen molar-refractivity contribution < 1.29 is 14.4 Å². The molecule has 0 aliphatic carbocycles. The SMILES string of the molecule is CCCCCCCCCCCC(=O)Nc1ccc(C(=O)NC[C]=O)cc1. The number of rotatable bonds is 14. The average molecular weight is 359 g/mol. The highest BCUT2D eigenvalue weighted by molar-refractivity contribution is 5.96. The van der Waals surface area contributed by atoms with Gasteiger partial charge in [-0.25, -0.2) is 0 Å². The van der Waals surface area contributed by atoms with Crippen molar-refractivity contribution in [1.82, 2.24) is 5.32 Å². The van der Waals surface area contributed by atoms with Crippen LogP contribution in [0, 0.1) is 0 Å². The highest BCUT2D eigenvalue weighted by atomic mass is 16.2. The molecule has 1 aromatic rings. The minimum atomic E-state index is -0.332. The maximum Gasteiger partial charge on any atom is 0.251 e. The van der Waals surface area contributed by atoms with E-state index in [2.05, 4.69) is 17.6 Å². The lowest BCUT2D eigenvalue weighted by Crippen LogP contribution is -2.25. The number of carbonyl (C=O) groups excluding carboxylic acids is 3. The molecule has 0 aliphatic heterocycles. The van der Waals surface area contributed by atoms with Crippen LogP contribution in [-0.4, -0.2) is 24.6 Å². The van der Waals surface area contributed by atoms with Crippen molar-refractivity contribution >= 4 is 23.8 Å². The molecule has 0 fully saturated rings. The molecule has 0 spiro atoms. The number of amides is 2. The number of hydrogen-bond acceptors (Lipinski definition) is 3. The third-order valence-electron chi connectivity index (χ3n) is 4.26. The van der Waals surface area contributed by atoms with Crippen LogP contribution >= 0.6 is 0 Å². The number of anilines is 1. The van der Waals surface area contributed by atoms with Crippen LogP contribution in [0.2, 0.25) is 0 Å². The zero-order valence-corrected chi connectivity index (χ0v) is 15.8. The zero-order chi connectivity index (χ0) is 19.0. The van der Waals surface area contributed by atoms with E-state index >= 15 is 0 Å². The molecule has 26 heavy (non-hydrogen) atoms. The van der Waals surface area contributed by atoms with E-state index in [1.54, 1.807) is 30.6 Å². The first-order valence-electron chi connectivity index (χ1n) is 9.70. The lowest BCUT2D eigenvalue weighted by Gasteiger charge is -2.07. The molecule has 2 amide bonds. The first-order chi connectivity index (χ1) is 12.7. The van der Waals surface area contributed by atoms with Gasteiger partial charge in [0.15, 0.2) is 0 Å². The predicted molar refractivity (Wildman–Crippen MR) is 105 cm³/mol. The molecule has 0 saturated carbocycles. The van der Waals surface area contributed by atoms with Gasteiger partial charge in [0, 0.05) is 17.7 Å². The van der Waals surface area contributed by atoms with Gasteiger partial charge in [-0.3, -0.25) is 14.4 Å². The lowest BCUT2D eigenvalue weighted by atomic mass is 10.1. The van der Waals surface area contributed by atoms with Gasteiger partial charge in [-0.05, 0) is 30.7 Å². The van der Waals surface area contributed by atoms with Crippen LogP contribution in [0.4, 0.5) is 5.69 Å². The third kappa shape index (κ3) is 9.97. The Morgan fingerprint density at radius 2 is 1.46 bits per heavy atom. The Balaban J connectivity index is 2.15. The van der Waals surface area contributed by atoms with Crippen LogP contribution in [-0.2, 0) is 9.59 Å². The topological polar surface area (TPSA) is 75.3 Å². The Morgan fingerprint density at radius 1 is 0.885 bits per heavy atom. The Labute approximate surface area is 156 Å². The van der Waals surface area contributed by atoms with Gasteiger partial charge in [0.1, 0.15) is 0 Å². The van der Waals surface area contributed by atoms with Crippen LogP contribution < -0.4 is 10.6 Å². The van der Waals surface area contributed by atoms with E-state index in [1.165, 1.54) is 44.9 Å². The van der Waals surface area contributed by atoms with Crippen LogP contribution in [0.15, 0.2) is 24.3 Å². The smallest absolute Gasteiger partial charge is 0.251 e. The summed E-state index contributed by atoms with van der Waals surface area (Å²) >= 11 is 0. The van der Waals surface area contributed by atoms with E-state index in [0.717, 1.165) is 12.8 Å². The van der Waals surface area contributed by atoms with Gasteiger partial charge in [-0.1, -0.05) is 58.3 Å². The highest BCUT2D eigenvalue weighted by Crippen LogP contribution is 2.13. The predicted octanol–water partition coefficient (Wildman–Crippen LogP) is 4.39. The van der Waals surface area contributed by atoms with Gasteiger partial charge in [-0.15, -0.1) is 0 Å². The standard InChI is InChI=1S/C21H31N2O3/c1-2-3-4-5-6-7-8-9-10-11-20(25)23-19-14-12-18(13-15-19)21(26)22-16-17-24/h12-15H,2-11,16H2,1H3,(H,22,26)(H,23,25).